The number of nitro benzene ring substituents is 1. The second-order valence-electron chi connectivity index (χ2n) is 4.20. The molecule has 0 unspecified atom stereocenters. The van der Waals surface area contributed by atoms with Crippen molar-refractivity contribution in [3.8, 4) is 11.5 Å². The molecule has 0 aliphatic carbocycles. The van der Waals surface area contributed by atoms with Gasteiger partial charge in [0.2, 0.25) is 5.75 Å². The number of aryl methyl sites for hydroxylation is 1. The standard InChI is InChI=1S/C14H11ClFNO3/c1-9-2-4-11(16)7-14(9)20-13-5-3-10(8-15)6-12(13)17(18)19/h2-7H,8H2,1H3. The molecule has 20 heavy (non-hydrogen) atoms. The van der Waals surface area contributed by atoms with Crippen molar-refractivity contribution in [3.63, 3.8) is 0 Å². The lowest BCUT2D eigenvalue weighted by Gasteiger charge is -2.09. The molecule has 0 N–H and O–H groups in total. The third-order valence-electron chi connectivity index (χ3n) is 2.74. The Morgan fingerprint density at radius 3 is 2.65 bits per heavy atom. The molecule has 0 fully saturated rings. The smallest absolute Gasteiger partial charge is 0.311 e. The molecule has 2 rings (SSSR count). The summed E-state index contributed by atoms with van der Waals surface area (Å²) in [5.41, 5.74) is 1.09. The fraction of sp³-hybridized carbons (Fsp3) is 0.143. The van der Waals surface area contributed by atoms with E-state index in [1.54, 1.807) is 19.1 Å². The van der Waals surface area contributed by atoms with Crippen LogP contribution >= 0.6 is 11.6 Å². The van der Waals surface area contributed by atoms with E-state index in [1.807, 2.05) is 0 Å². The molecule has 0 aliphatic rings. The van der Waals surface area contributed by atoms with Crippen molar-refractivity contribution in [2.75, 3.05) is 0 Å². The first-order valence-corrected chi connectivity index (χ1v) is 6.32. The van der Waals surface area contributed by atoms with Crippen LogP contribution in [0.4, 0.5) is 10.1 Å². The number of halogens is 2. The molecule has 0 aromatic heterocycles. The second kappa shape index (κ2) is 5.88. The predicted octanol–water partition coefficient (Wildman–Crippen LogP) is 4.57. The van der Waals surface area contributed by atoms with Crippen LogP contribution < -0.4 is 4.74 Å². The van der Waals surface area contributed by atoms with Crippen molar-refractivity contribution >= 4 is 17.3 Å². The summed E-state index contributed by atoms with van der Waals surface area (Å²) in [5, 5.41) is 11.0. The van der Waals surface area contributed by atoms with Gasteiger partial charge in [-0.1, -0.05) is 12.1 Å². The molecular weight excluding hydrogens is 285 g/mol. The number of hydrogen-bond acceptors (Lipinski definition) is 3. The lowest BCUT2D eigenvalue weighted by atomic mass is 10.2. The Morgan fingerprint density at radius 1 is 1.25 bits per heavy atom. The average molecular weight is 296 g/mol. The number of nitro groups is 1. The molecular formula is C14H11ClFNO3. The number of rotatable bonds is 4. The third kappa shape index (κ3) is 3.05. The van der Waals surface area contributed by atoms with Crippen LogP contribution in [0.25, 0.3) is 0 Å². The lowest BCUT2D eigenvalue weighted by Crippen LogP contribution is -1.96. The van der Waals surface area contributed by atoms with Crippen LogP contribution in [-0.2, 0) is 5.88 Å². The van der Waals surface area contributed by atoms with Gasteiger partial charge in [0.15, 0.2) is 0 Å². The highest BCUT2D eigenvalue weighted by Gasteiger charge is 2.17. The highest BCUT2D eigenvalue weighted by molar-refractivity contribution is 6.17. The molecule has 0 radical (unpaired) electrons. The summed E-state index contributed by atoms with van der Waals surface area (Å²) in [5.74, 6) is -0.00459. The molecule has 4 nitrogen and oxygen atoms in total. The van der Waals surface area contributed by atoms with Gasteiger partial charge in [0.25, 0.3) is 0 Å². The van der Waals surface area contributed by atoms with Crippen LogP contribution in [0.3, 0.4) is 0 Å². The van der Waals surface area contributed by atoms with Gasteiger partial charge in [-0.05, 0) is 30.2 Å². The van der Waals surface area contributed by atoms with Gasteiger partial charge in [0, 0.05) is 18.0 Å². The molecule has 0 bridgehead atoms. The van der Waals surface area contributed by atoms with E-state index in [1.165, 1.54) is 24.3 Å². The van der Waals surface area contributed by atoms with Gasteiger partial charge >= 0.3 is 5.69 Å². The van der Waals surface area contributed by atoms with Gasteiger partial charge in [0.05, 0.1) is 4.92 Å². The minimum absolute atomic E-state index is 0.0533. The monoisotopic (exact) mass is 295 g/mol. The van der Waals surface area contributed by atoms with Crippen molar-refractivity contribution in [2.45, 2.75) is 12.8 Å². The van der Waals surface area contributed by atoms with E-state index in [0.29, 0.717) is 11.1 Å². The Bertz CT molecular complexity index is 661. The van der Waals surface area contributed by atoms with Gasteiger partial charge in [-0.2, -0.15) is 0 Å². The SMILES string of the molecule is Cc1ccc(F)cc1Oc1ccc(CCl)cc1[N+](=O)[O-]. The predicted molar refractivity (Wildman–Crippen MR) is 73.9 cm³/mol. The first-order chi connectivity index (χ1) is 9.51. The first kappa shape index (κ1) is 14.3. The second-order valence-corrected chi connectivity index (χ2v) is 4.47. The number of nitrogens with zero attached hydrogens (tertiary/aromatic N) is 1. The minimum Gasteiger partial charge on any atom is -0.450 e. The summed E-state index contributed by atoms with van der Waals surface area (Å²) in [6.45, 7) is 1.73. The molecule has 0 heterocycles. The number of ether oxygens (including phenoxy) is 1. The van der Waals surface area contributed by atoms with Gasteiger partial charge in [-0.25, -0.2) is 4.39 Å². The largest absolute Gasteiger partial charge is 0.450 e. The van der Waals surface area contributed by atoms with Crippen LogP contribution in [0.2, 0.25) is 0 Å². The van der Waals surface area contributed by atoms with E-state index in [0.717, 1.165) is 0 Å². The summed E-state index contributed by atoms with van der Waals surface area (Å²) in [7, 11) is 0. The molecule has 2 aromatic carbocycles. The maximum Gasteiger partial charge on any atom is 0.311 e. The van der Waals surface area contributed by atoms with E-state index >= 15 is 0 Å². The summed E-state index contributed by atoms with van der Waals surface area (Å²) in [6, 6.07) is 8.46. The van der Waals surface area contributed by atoms with Gasteiger partial charge < -0.3 is 4.74 Å². The van der Waals surface area contributed by atoms with Crippen molar-refractivity contribution in [1.29, 1.82) is 0 Å². The van der Waals surface area contributed by atoms with E-state index in [-0.39, 0.29) is 23.1 Å². The van der Waals surface area contributed by atoms with Crippen LogP contribution in [0.5, 0.6) is 11.5 Å². The number of benzene rings is 2. The van der Waals surface area contributed by atoms with Gasteiger partial charge in [-0.15, -0.1) is 11.6 Å². The molecule has 0 spiro atoms. The number of hydrogen-bond donors (Lipinski definition) is 0. The van der Waals surface area contributed by atoms with Crippen molar-refractivity contribution < 1.29 is 14.1 Å². The summed E-state index contributed by atoms with van der Waals surface area (Å²) < 4.78 is 18.7. The topological polar surface area (TPSA) is 52.4 Å². The Labute approximate surface area is 119 Å². The van der Waals surface area contributed by atoms with Crippen LogP contribution in [0.1, 0.15) is 11.1 Å². The Balaban J connectivity index is 2.42. The summed E-state index contributed by atoms with van der Waals surface area (Å²) >= 11 is 5.65. The van der Waals surface area contributed by atoms with E-state index in [9.17, 15) is 14.5 Å². The fourth-order valence-electron chi connectivity index (χ4n) is 1.68. The zero-order valence-electron chi connectivity index (χ0n) is 10.6. The lowest BCUT2D eigenvalue weighted by molar-refractivity contribution is -0.385. The zero-order valence-corrected chi connectivity index (χ0v) is 11.4. The Morgan fingerprint density at radius 2 is 2.00 bits per heavy atom. The van der Waals surface area contributed by atoms with Gasteiger partial charge in [-0.3, -0.25) is 10.1 Å². The Hall–Kier alpha value is -2.14. The van der Waals surface area contributed by atoms with E-state index in [4.69, 9.17) is 16.3 Å². The molecule has 0 amide bonds. The van der Waals surface area contributed by atoms with Crippen LogP contribution in [0.15, 0.2) is 36.4 Å². The molecule has 6 heteroatoms. The van der Waals surface area contributed by atoms with Crippen molar-refractivity contribution in [3.05, 3.63) is 63.5 Å². The van der Waals surface area contributed by atoms with Crippen LogP contribution in [0, 0.1) is 22.9 Å². The first-order valence-electron chi connectivity index (χ1n) is 5.78. The van der Waals surface area contributed by atoms with Gasteiger partial charge in [0.1, 0.15) is 11.6 Å². The molecule has 0 saturated carbocycles. The summed E-state index contributed by atoms with van der Waals surface area (Å²) in [4.78, 5) is 10.5. The van der Waals surface area contributed by atoms with Crippen molar-refractivity contribution in [1.82, 2.24) is 0 Å². The third-order valence-corrected chi connectivity index (χ3v) is 3.05. The highest BCUT2D eigenvalue weighted by atomic mass is 35.5. The summed E-state index contributed by atoms with van der Waals surface area (Å²) in [6.07, 6.45) is 0. The molecule has 0 atom stereocenters. The minimum atomic E-state index is -0.556. The molecule has 0 saturated heterocycles. The fourth-order valence-corrected chi connectivity index (χ4v) is 1.84. The van der Waals surface area contributed by atoms with Crippen LogP contribution in [-0.4, -0.2) is 4.92 Å². The maximum atomic E-state index is 13.2. The molecule has 104 valence electrons. The van der Waals surface area contributed by atoms with Crippen molar-refractivity contribution in [2.24, 2.45) is 0 Å². The zero-order chi connectivity index (χ0) is 14.7. The number of alkyl halides is 1. The maximum absolute atomic E-state index is 13.2. The quantitative estimate of drug-likeness (QED) is 0.471. The highest BCUT2D eigenvalue weighted by Crippen LogP contribution is 2.34. The Kier molecular flexibility index (Phi) is 4.20. The molecule has 2 aromatic rings. The van der Waals surface area contributed by atoms with E-state index in [2.05, 4.69) is 0 Å². The van der Waals surface area contributed by atoms with E-state index < -0.39 is 10.7 Å². The average Bonchev–Trinajstić information content (AvgIpc) is 2.43. The molecule has 0 aliphatic heterocycles. The normalized spacial score (nSPS) is 10.3.